The summed E-state index contributed by atoms with van der Waals surface area (Å²) in [6, 6.07) is 21.6. The third kappa shape index (κ3) is 5.01. The molecule has 0 spiro atoms. The number of ketones is 1. The van der Waals surface area contributed by atoms with Crippen LogP contribution in [0, 0.1) is 0 Å². The van der Waals surface area contributed by atoms with Crippen molar-refractivity contribution in [2.24, 2.45) is 0 Å². The first kappa shape index (κ1) is 18.8. The van der Waals surface area contributed by atoms with Crippen LogP contribution in [-0.4, -0.2) is 5.78 Å². The van der Waals surface area contributed by atoms with Crippen LogP contribution in [0.2, 0.25) is 15.1 Å². The summed E-state index contributed by atoms with van der Waals surface area (Å²) in [6.07, 6.45) is 0.298. The molecule has 3 rings (SSSR count). The minimum absolute atomic E-state index is 0.0306. The van der Waals surface area contributed by atoms with Gasteiger partial charge in [-0.25, -0.2) is 0 Å². The van der Waals surface area contributed by atoms with E-state index in [-0.39, 0.29) is 11.8 Å². The lowest BCUT2D eigenvalue weighted by atomic mass is 9.97. The Morgan fingerprint density at radius 3 is 1.73 bits per heavy atom. The average molecular weight is 405 g/mol. The summed E-state index contributed by atoms with van der Waals surface area (Å²) in [5.41, 5.74) is 2.50. The van der Waals surface area contributed by atoms with Crippen molar-refractivity contribution in [3.05, 3.63) is 99.0 Å². The van der Waals surface area contributed by atoms with Crippen LogP contribution in [0.1, 0.15) is 28.4 Å². The number of anilines is 1. The van der Waals surface area contributed by atoms with Crippen LogP contribution in [0.15, 0.2) is 72.8 Å². The zero-order valence-corrected chi connectivity index (χ0v) is 16.0. The number of hydrogen-bond donors (Lipinski definition) is 1. The standard InChI is InChI=1S/C21H16Cl3NO/c22-16-5-1-14(2-6-16)20(25-19-11-9-18(24)10-12-19)13-21(26)15-3-7-17(23)8-4-15/h1-12,20,25H,13H2/t20-/m1/s1. The Bertz CT molecular complexity index is 875. The smallest absolute Gasteiger partial charge is 0.165 e. The number of rotatable bonds is 6. The molecule has 1 N–H and O–H groups in total. The summed E-state index contributed by atoms with van der Waals surface area (Å²) < 4.78 is 0. The van der Waals surface area contributed by atoms with Gasteiger partial charge in [0.05, 0.1) is 6.04 Å². The minimum atomic E-state index is -0.198. The van der Waals surface area contributed by atoms with Gasteiger partial charge in [-0.05, 0) is 66.2 Å². The maximum atomic E-state index is 12.7. The monoisotopic (exact) mass is 403 g/mol. The first-order valence-corrected chi connectivity index (χ1v) is 9.21. The van der Waals surface area contributed by atoms with Gasteiger partial charge in [-0.3, -0.25) is 4.79 Å². The lowest BCUT2D eigenvalue weighted by Crippen LogP contribution is -2.15. The summed E-state index contributed by atoms with van der Waals surface area (Å²) in [4.78, 5) is 12.7. The van der Waals surface area contributed by atoms with Crippen LogP contribution >= 0.6 is 34.8 Å². The van der Waals surface area contributed by atoms with E-state index in [1.54, 1.807) is 24.3 Å². The van der Waals surface area contributed by atoms with Gasteiger partial charge in [0.25, 0.3) is 0 Å². The van der Waals surface area contributed by atoms with Crippen molar-refractivity contribution in [3.63, 3.8) is 0 Å². The van der Waals surface area contributed by atoms with Crippen molar-refractivity contribution < 1.29 is 4.79 Å². The van der Waals surface area contributed by atoms with Crippen molar-refractivity contribution in [3.8, 4) is 0 Å². The van der Waals surface area contributed by atoms with E-state index in [9.17, 15) is 4.79 Å². The molecule has 132 valence electrons. The number of carbonyl (C=O) groups excluding carboxylic acids is 1. The first-order chi connectivity index (χ1) is 12.5. The Morgan fingerprint density at radius 2 is 1.19 bits per heavy atom. The van der Waals surface area contributed by atoms with E-state index in [0.717, 1.165) is 11.3 Å². The summed E-state index contributed by atoms with van der Waals surface area (Å²) in [5, 5.41) is 5.33. The summed E-state index contributed by atoms with van der Waals surface area (Å²) in [7, 11) is 0. The maximum Gasteiger partial charge on any atom is 0.165 e. The number of benzene rings is 3. The van der Waals surface area contributed by atoms with Gasteiger partial charge >= 0.3 is 0 Å². The van der Waals surface area contributed by atoms with E-state index in [4.69, 9.17) is 34.8 Å². The van der Waals surface area contributed by atoms with Gasteiger partial charge in [0.1, 0.15) is 0 Å². The van der Waals surface area contributed by atoms with E-state index in [1.165, 1.54) is 0 Å². The van der Waals surface area contributed by atoms with Crippen molar-refractivity contribution in [2.75, 3.05) is 5.32 Å². The van der Waals surface area contributed by atoms with Gasteiger partial charge < -0.3 is 5.32 Å². The molecule has 0 saturated carbocycles. The predicted molar refractivity (Wildman–Crippen MR) is 110 cm³/mol. The van der Waals surface area contributed by atoms with Gasteiger partial charge in [0, 0.05) is 32.7 Å². The lowest BCUT2D eigenvalue weighted by molar-refractivity contribution is 0.0976. The highest BCUT2D eigenvalue weighted by molar-refractivity contribution is 6.31. The molecule has 5 heteroatoms. The highest BCUT2D eigenvalue weighted by atomic mass is 35.5. The fraction of sp³-hybridized carbons (Fsp3) is 0.0952. The van der Waals surface area contributed by atoms with Crippen LogP contribution in [0.25, 0.3) is 0 Å². The molecule has 0 aromatic heterocycles. The fourth-order valence-corrected chi connectivity index (χ4v) is 3.01. The van der Waals surface area contributed by atoms with Crippen LogP contribution in [0.3, 0.4) is 0 Å². The molecule has 0 bridgehead atoms. The highest BCUT2D eigenvalue weighted by Crippen LogP contribution is 2.27. The van der Waals surface area contributed by atoms with E-state index in [1.807, 2.05) is 48.5 Å². The lowest BCUT2D eigenvalue weighted by Gasteiger charge is -2.20. The minimum Gasteiger partial charge on any atom is -0.378 e. The Kier molecular flexibility index (Phi) is 6.20. The van der Waals surface area contributed by atoms with Crippen molar-refractivity contribution in [1.29, 1.82) is 0 Å². The molecule has 3 aromatic rings. The van der Waals surface area contributed by atoms with E-state index < -0.39 is 0 Å². The number of hydrogen-bond acceptors (Lipinski definition) is 2. The molecule has 0 radical (unpaired) electrons. The average Bonchev–Trinajstić information content (AvgIpc) is 2.64. The molecule has 2 nitrogen and oxygen atoms in total. The zero-order valence-electron chi connectivity index (χ0n) is 13.8. The molecule has 0 saturated heterocycles. The molecule has 0 fully saturated rings. The highest BCUT2D eigenvalue weighted by Gasteiger charge is 2.17. The Labute approximate surface area is 167 Å². The third-order valence-corrected chi connectivity index (χ3v) is 4.77. The molecule has 1 atom stereocenters. The molecule has 0 aliphatic carbocycles. The van der Waals surface area contributed by atoms with Crippen LogP contribution in [-0.2, 0) is 0 Å². The predicted octanol–water partition coefficient (Wildman–Crippen LogP) is 7.07. The second-order valence-electron chi connectivity index (χ2n) is 5.89. The molecule has 26 heavy (non-hydrogen) atoms. The Hall–Kier alpha value is -2.00. The Morgan fingerprint density at radius 1 is 0.731 bits per heavy atom. The number of halogens is 3. The van der Waals surface area contributed by atoms with E-state index in [0.29, 0.717) is 27.1 Å². The topological polar surface area (TPSA) is 29.1 Å². The third-order valence-electron chi connectivity index (χ3n) is 4.01. The largest absolute Gasteiger partial charge is 0.378 e. The van der Waals surface area contributed by atoms with Crippen LogP contribution in [0.4, 0.5) is 5.69 Å². The molecule has 0 amide bonds. The number of Topliss-reactive ketones (excluding diaryl/α,β-unsaturated/α-hetero) is 1. The normalized spacial score (nSPS) is 11.8. The summed E-state index contributed by atoms with van der Waals surface area (Å²) in [6.45, 7) is 0. The fourth-order valence-electron chi connectivity index (χ4n) is 2.63. The van der Waals surface area contributed by atoms with E-state index in [2.05, 4.69) is 5.32 Å². The molecular formula is C21H16Cl3NO. The van der Waals surface area contributed by atoms with Gasteiger partial charge in [-0.1, -0.05) is 46.9 Å². The molecule has 0 unspecified atom stereocenters. The molecule has 3 aromatic carbocycles. The van der Waals surface area contributed by atoms with Crippen LogP contribution < -0.4 is 5.32 Å². The second kappa shape index (κ2) is 8.59. The zero-order chi connectivity index (χ0) is 18.5. The quantitative estimate of drug-likeness (QED) is 0.445. The molecule has 0 heterocycles. The SMILES string of the molecule is O=C(C[C@@H](Nc1ccc(Cl)cc1)c1ccc(Cl)cc1)c1ccc(Cl)cc1. The molecule has 0 aliphatic rings. The second-order valence-corrected chi connectivity index (χ2v) is 7.20. The maximum absolute atomic E-state index is 12.7. The van der Waals surface area contributed by atoms with Gasteiger partial charge in [-0.2, -0.15) is 0 Å². The number of nitrogens with one attached hydrogen (secondary N) is 1. The van der Waals surface area contributed by atoms with Gasteiger partial charge in [0.15, 0.2) is 5.78 Å². The first-order valence-electron chi connectivity index (χ1n) is 8.07. The van der Waals surface area contributed by atoms with Gasteiger partial charge in [0.2, 0.25) is 0 Å². The molecular weight excluding hydrogens is 389 g/mol. The Balaban J connectivity index is 1.84. The van der Waals surface area contributed by atoms with Gasteiger partial charge in [-0.15, -0.1) is 0 Å². The van der Waals surface area contributed by atoms with Crippen molar-refractivity contribution >= 4 is 46.3 Å². The van der Waals surface area contributed by atoms with Crippen molar-refractivity contribution in [1.82, 2.24) is 0 Å². The van der Waals surface area contributed by atoms with Crippen LogP contribution in [0.5, 0.6) is 0 Å². The summed E-state index contributed by atoms with van der Waals surface area (Å²) in [5.74, 6) is 0.0306. The molecule has 0 aliphatic heterocycles. The van der Waals surface area contributed by atoms with Crippen molar-refractivity contribution in [2.45, 2.75) is 12.5 Å². The summed E-state index contributed by atoms with van der Waals surface area (Å²) >= 11 is 17.9. The number of carbonyl (C=O) groups is 1. The van der Waals surface area contributed by atoms with E-state index >= 15 is 0 Å².